The van der Waals surface area contributed by atoms with Gasteiger partial charge >= 0.3 is 5.97 Å². The summed E-state index contributed by atoms with van der Waals surface area (Å²) in [5, 5.41) is 18.7. The minimum atomic E-state index is -1.11. The van der Waals surface area contributed by atoms with Gasteiger partial charge in [-0.1, -0.05) is 30.3 Å². The number of methoxy groups -OCH3 is 1. The number of benzene rings is 2. The molecule has 0 unspecified atom stereocenters. The van der Waals surface area contributed by atoms with E-state index in [1.54, 1.807) is 48.5 Å². The first-order valence-electron chi connectivity index (χ1n) is 8.81. The highest BCUT2D eigenvalue weighted by atomic mass is 16.5. The number of rotatable bonds is 8. The molecule has 0 aliphatic carbocycles. The fourth-order valence-electron chi connectivity index (χ4n) is 2.57. The number of hydrogen-bond donors (Lipinski definition) is 1. The predicted molar refractivity (Wildman–Crippen MR) is 107 cm³/mol. The molecule has 0 aliphatic rings. The average molecular weight is 403 g/mol. The van der Waals surface area contributed by atoms with Crippen LogP contribution in [0.4, 0.5) is 0 Å². The van der Waals surface area contributed by atoms with Gasteiger partial charge in [-0.3, -0.25) is 0 Å². The van der Waals surface area contributed by atoms with E-state index in [-0.39, 0.29) is 23.9 Å². The summed E-state index contributed by atoms with van der Waals surface area (Å²) in [5.74, 6) is -0.139. The van der Waals surface area contributed by atoms with Crippen molar-refractivity contribution >= 4 is 11.5 Å². The Balaban J connectivity index is 1.89. The van der Waals surface area contributed by atoms with E-state index in [1.165, 1.54) is 25.6 Å². The molecular weight excluding hydrogens is 386 g/mol. The second-order valence-corrected chi connectivity index (χ2v) is 5.88. The number of carbonyl (C=O) groups is 1. The fraction of sp³-hybridized carbons (Fsp3) is 0.0909. The highest BCUT2D eigenvalue weighted by Crippen LogP contribution is 2.31. The Labute approximate surface area is 172 Å². The molecule has 0 fully saturated rings. The van der Waals surface area contributed by atoms with Gasteiger partial charge in [0, 0.05) is 12.7 Å². The second kappa shape index (κ2) is 9.82. The van der Waals surface area contributed by atoms with E-state index in [1.807, 2.05) is 6.07 Å². The average Bonchev–Trinajstić information content (AvgIpc) is 2.75. The van der Waals surface area contributed by atoms with Crippen LogP contribution in [0.25, 0.3) is 5.57 Å². The van der Waals surface area contributed by atoms with Crippen molar-refractivity contribution in [1.29, 1.82) is 5.26 Å². The van der Waals surface area contributed by atoms with E-state index in [2.05, 4.69) is 9.97 Å². The summed E-state index contributed by atoms with van der Waals surface area (Å²) in [6.07, 6.45) is 2.71. The van der Waals surface area contributed by atoms with Gasteiger partial charge in [-0.05, 0) is 24.3 Å². The Hall–Kier alpha value is -4.22. The van der Waals surface area contributed by atoms with Crippen LogP contribution in [-0.2, 0) is 9.53 Å². The molecule has 3 aromatic rings. The molecule has 1 aromatic heterocycles. The summed E-state index contributed by atoms with van der Waals surface area (Å²) in [7, 11) is 1.48. The molecule has 30 heavy (non-hydrogen) atoms. The van der Waals surface area contributed by atoms with Gasteiger partial charge < -0.3 is 19.3 Å². The van der Waals surface area contributed by atoms with Gasteiger partial charge in [-0.15, -0.1) is 0 Å². The molecule has 1 N–H and O–H groups in total. The van der Waals surface area contributed by atoms with Crippen molar-refractivity contribution in [1.82, 2.24) is 9.97 Å². The van der Waals surface area contributed by atoms with Crippen LogP contribution in [-0.4, -0.2) is 34.8 Å². The highest BCUT2D eigenvalue weighted by Gasteiger charge is 2.16. The molecule has 0 spiro atoms. The zero-order valence-electron chi connectivity index (χ0n) is 16.0. The molecule has 150 valence electrons. The maximum atomic E-state index is 11.7. The Morgan fingerprint density at radius 2 is 1.70 bits per heavy atom. The van der Waals surface area contributed by atoms with Crippen LogP contribution in [0.1, 0.15) is 11.1 Å². The van der Waals surface area contributed by atoms with E-state index < -0.39 is 5.97 Å². The van der Waals surface area contributed by atoms with Crippen molar-refractivity contribution < 1.29 is 24.1 Å². The Bertz CT molecular complexity index is 1120. The molecule has 0 radical (unpaired) electrons. The van der Waals surface area contributed by atoms with E-state index in [9.17, 15) is 15.2 Å². The third-order valence-electron chi connectivity index (χ3n) is 3.92. The molecule has 2 aromatic carbocycles. The quantitative estimate of drug-likeness (QED) is 0.560. The van der Waals surface area contributed by atoms with Crippen LogP contribution in [0.15, 0.2) is 67.0 Å². The summed E-state index contributed by atoms with van der Waals surface area (Å²) in [6, 6.07) is 16.9. The molecule has 8 heteroatoms. The molecule has 8 nitrogen and oxygen atoms in total. The molecule has 1 heterocycles. The smallest absolute Gasteiger partial charge is 0.336 e. The Morgan fingerprint density at radius 3 is 2.37 bits per heavy atom. The van der Waals surface area contributed by atoms with Crippen LogP contribution in [0.2, 0.25) is 0 Å². The second-order valence-electron chi connectivity index (χ2n) is 5.88. The van der Waals surface area contributed by atoms with Crippen LogP contribution < -0.4 is 9.47 Å². The normalized spacial score (nSPS) is 10.9. The molecule has 0 amide bonds. The zero-order valence-corrected chi connectivity index (χ0v) is 16.0. The lowest BCUT2D eigenvalue weighted by Crippen LogP contribution is -2.03. The standard InChI is InChI=1S/C22H17N3O5/c1-28-11-10-17(22(26)27)16-7-3-5-9-19(16)30-21-12-20(24-14-25-21)29-18-8-4-2-6-15(18)13-23/h2-10,12,14H,11H2,1H3,(H,26,27)/b17-10+. The molecule has 0 aliphatic heterocycles. The van der Waals surface area contributed by atoms with Crippen molar-refractivity contribution in [3.63, 3.8) is 0 Å². The number of carboxylic acid groups (broad SMARTS) is 1. The first-order chi connectivity index (χ1) is 14.6. The lowest BCUT2D eigenvalue weighted by molar-refractivity contribution is -0.130. The van der Waals surface area contributed by atoms with Crippen LogP contribution in [0, 0.1) is 11.3 Å². The number of para-hydroxylation sites is 2. The largest absolute Gasteiger partial charge is 0.478 e. The molecule has 0 bridgehead atoms. The first kappa shape index (κ1) is 20.5. The van der Waals surface area contributed by atoms with Crippen molar-refractivity contribution in [2.45, 2.75) is 0 Å². The summed E-state index contributed by atoms with van der Waals surface area (Å²) in [6.45, 7) is 0.139. The van der Waals surface area contributed by atoms with E-state index in [4.69, 9.17) is 14.2 Å². The first-order valence-corrected chi connectivity index (χ1v) is 8.81. The highest BCUT2D eigenvalue weighted by molar-refractivity contribution is 6.16. The number of ether oxygens (including phenoxy) is 3. The van der Waals surface area contributed by atoms with Crippen LogP contribution >= 0.6 is 0 Å². The summed E-state index contributed by atoms with van der Waals surface area (Å²) >= 11 is 0. The topological polar surface area (TPSA) is 115 Å². The third-order valence-corrected chi connectivity index (χ3v) is 3.92. The number of nitrogens with zero attached hydrogens (tertiary/aromatic N) is 3. The van der Waals surface area contributed by atoms with E-state index in [0.29, 0.717) is 22.6 Å². The molecule has 0 saturated carbocycles. The number of aromatic nitrogens is 2. The monoisotopic (exact) mass is 403 g/mol. The van der Waals surface area contributed by atoms with Gasteiger partial charge in [0.15, 0.2) is 0 Å². The number of carboxylic acids is 1. The molecule has 3 rings (SSSR count). The van der Waals surface area contributed by atoms with Gasteiger partial charge in [-0.25, -0.2) is 14.8 Å². The zero-order chi connectivity index (χ0) is 21.3. The molecule has 0 saturated heterocycles. The molecular formula is C22H17N3O5. The maximum Gasteiger partial charge on any atom is 0.336 e. The van der Waals surface area contributed by atoms with E-state index >= 15 is 0 Å². The maximum absolute atomic E-state index is 11.7. The third kappa shape index (κ3) is 4.98. The minimum absolute atomic E-state index is 0.0425. The minimum Gasteiger partial charge on any atom is -0.478 e. The summed E-state index contributed by atoms with van der Waals surface area (Å²) in [5.41, 5.74) is 0.775. The fourth-order valence-corrected chi connectivity index (χ4v) is 2.57. The van der Waals surface area contributed by atoms with Crippen molar-refractivity contribution in [3.05, 3.63) is 78.1 Å². The number of aliphatic carboxylic acids is 1. The summed E-state index contributed by atoms with van der Waals surface area (Å²) in [4.78, 5) is 19.8. The van der Waals surface area contributed by atoms with Crippen LogP contribution in [0.3, 0.4) is 0 Å². The van der Waals surface area contributed by atoms with Gasteiger partial charge in [0.1, 0.15) is 23.9 Å². The molecule has 0 atom stereocenters. The van der Waals surface area contributed by atoms with Crippen molar-refractivity contribution in [2.75, 3.05) is 13.7 Å². The number of nitriles is 1. The van der Waals surface area contributed by atoms with E-state index in [0.717, 1.165) is 0 Å². The predicted octanol–water partition coefficient (Wildman–Crippen LogP) is 4.05. The Morgan fingerprint density at radius 1 is 1.07 bits per heavy atom. The van der Waals surface area contributed by atoms with Gasteiger partial charge in [0.2, 0.25) is 11.8 Å². The SMILES string of the molecule is COC/C=C(/C(=O)O)c1ccccc1Oc1cc(Oc2ccccc2C#N)ncn1. The van der Waals surface area contributed by atoms with Crippen LogP contribution in [0.5, 0.6) is 23.3 Å². The van der Waals surface area contributed by atoms with Gasteiger partial charge in [0.25, 0.3) is 0 Å². The summed E-state index contributed by atoms with van der Waals surface area (Å²) < 4.78 is 16.4. The lowest BCUT2D eigenvalue weighted by atomic mass is 10.0. The van der Waals surface area contributed by atoms with Crippen molar-refractivity contribution in [2.24, 2.45) is 0 Å². The van der Waals surface area contributed by atoms with Gasteiger partial charge in [0.05, 0.1) is 23.8 Å². The van der Waals surface area contributed by atoms with Gasteiger partial charge in [-0.2, -0.15) is 5.26 Å². The van der Waals surface area contributed by atoms with Crippen molar-refractivity contribution in [3.8, 4) is 29.3 Å². The number of hydrogen-bond acceptors (Lipinski definition) is 7. The lowest BCUT2D eigenvalue weighted by Gasteiger charge is -2.12. The Kier molecular flexibility index (Phi) is 6.71.